The van der Waals surface area contributed by atoms with Crippen molar-refractivity contribution in [1.29, 1.82) is 0 Å². The molecule has 24 heavy (non-hydrogen) atoms. The van der Waals surface area contributed by atoms with Crippen molar-refractivity contribution in [2.24, 2.45) is 0 Å². The van der Waals surface area contributed by atoms with Gasteiger partial charge in [-0.1, -0.05) is 12.1 Å². The van der Waals surface area contributed by atoms with E-state index in [-0.39, 0.29) is 6.10 Å². The Bertz CT molecular complexity index is 629. The van der Waals surface area contributed by atoms with E-state index in [2.05, 4.69) is 34.4 Å². The van der Waals surface area contributed by atoms with Gasteiger partial charge in [-0.15, -0.1) is 11.3 Å². The maximum atomic E-state index is 5.77. The molecule has 0 saturated carbocycles. The lowest BCUT2D eigenvalue weighted by molar-refractivity contribution is -0.0182. The second kappa shape index (κ2) is 8.58. The van der Waals surface area contributed by atoms with Gasteiger partial charge in [0.05, 0.1) is 23.4 Å². The zero-order valence-electron chi connectivity index (χ0n) is 14.3. The minimum Gasteiger partial charge on any atom is -0.487 e. The number of morpholine rings is 1. The fraction of sp³-hybridized carbons (Fsp3) is 0.500. The lowest BCUT2D eigenvalue weighted by Crippen LogP contribution is -2.44. The highest BCUT2D eigenvalue weighted by atomic mass is 32.1. The molecule has 1 aromatic heterocycles. The summed E-state index contributed by atoms with van der Waals surface area (Å²) in [7, 11) is 2.14. The number of benzene rings is 1. The maximum Gasteiger partial charge on any atom is 0.131 e. The highest BCUT2D eigenvalue weighted by molar-refractivity contribution is 7.09. The lowest BCUT2D eigenvalue weighted by Gasteiger charge is -2.30. The topological polar surface area (TPSA) is 46.6 Å². The van der Waals surface area contributed by atoms with E-state index in [1.54, 1.807) is 11.3 Å². The van der Waals surface area contributed by atoms with E-state index in [1.807, 2.05) is 24.4 Å². The van der Waals surface area contributed by atoms with Gasteiger partial charge in [-0.05, 0) is 31.7 Å². The highest BCUT2D eigenvalue weighted by Crippen LogP contribution is 2.15. The van der Waals surface area contributed by atoms with Crippen LogP contribution in [0.15, 0.2) is 29.6 Å². The number of aromatic nitrogens is 1. The van der Waals surface area contributed by atoms with Crippen molar-refractivity contribution in [3.05, 3.63) is 45.9 Å². The van der Waals surface area contributed by atoms with Crippen molar-refractivity contribution in [3.8, 4) is 5.75 Å². The molecule has 1 N–H and O–H groups in total. The van der Waals surface area contributed by atoms with Crippen LogP contribution in [0.4, 0.5) is 0 Å². The molecule has 1 saturated heterocycles. The number of nitrogens with one attached hydrogen (secondary N) is 1. The minimum absolute atomic E-state index is 0.285. The van der Waals surface area contributed by atoms with Crippen LogP contribution in [0.3, 0.4) is 0 Å². The molecule has 130 valence electrons. The van der Waals surface area contributed by atoms with Crippen molar-refractivity contribution in [2.75, 3.05) is 33.3 Å². The Labute approximate surface area is 147 Å². The first-order valence-corrected chi connectivity index (χ1v) is 9.20. The van der Waals surface area contributed by atoms with Crippen LogP contribution < -0.4 is 10.1 Å². The number of rotatable bonds is 7. The largest absolute Gasteiger partial charge is 0.487 e. The molecule has 1 atom stereocenters. The first kappa shape index (κ1) is 17.4. The molecule has 0 amide bonds. The van der Waals surface area contributed by atoms with Gasteiger partial charge in [-0.3, -0.25) is 0 Å². The molecular weight excluding hydrogens is 322 g/mol. The molecule has 1 fully saturated rings. The average Bonchev–Trinajstić information content (AvgIpc) is 3.00. The Kier molecular flexibility index (Phi) is 6.20. The van der Waals surface area contributed by atoms with E-state index in [1.165, 1.54) is 5.56 Å². The van der Waals surface area contributed by atoms with Crippen LogP contribution in [0.5, 0.6) is 5.75 Å². The maximum absolute atomic E-state index is 5.77. The second-order valence-corrected chi connectivity index (χ2v) is 7.24. The molecular formula is C18H25N3O2S. The third-order valence-corrected chi connectivity index (χ3v) is 4.84. The van der Waals surface area contributed by atoms with Crippen LogP contribution in [0, 0.1) is 6.92 Å². The summed E-state index contributed by atoms with van der Waals surface area (Å²) in [6.45, 7) is 7.10. The fourth-order valence-corrected chi connectivity index (χ4v) is 3.30. The Morgan fingerprint density at radius 2 is 2.21 bits per heavy atom. The van der Waals surface area contributed by atoms with Gasteiger partial charge < -0.3 is 19.7 Å². The van der Waals surface area contributed by atoms with Gasteiger partial charge >= 0.3 is 0 Å². The molecule has 0 unspecified atom stereocenters. The number of thiazole rings is 1. The molecule has 0 radical (unpaired) electrons. The third kappa shape index (κ3) is 5.27. The molecule has 0 bridgehead atoms. The summed E-state index contributed by atoms with van der Waals surface area (Å²) in [4.78, 5) is 6.71. The first-order chi connectivity index (χ1) is 11.7. The van der Waals surface area contributed by atoms with Gasteiger partial charge in [0.15, 0.2) is 0 Å². The molecule has 0 spiro atoms. The predicted molar refractivity (Wildman–Crippen MR) is 96.6 cm³/mol. The molecule has 1 aliphatic heterocycles. The molecule has 2 aromatic rings. The second-order valence-electron chi connectivity index (χ2n) is 6.18. The number of nitrogens with zero attached hydrogens (tertiary/aromatic N) is 2. The van der Waals surface area contributed by atoms with E-state index >= 15 is 0 Å². The SMILES string of the molecule is Cc1nc(COc2ccc(CNC[C@@H]3CN(C)CCO3)cc2)cs1. The highest BCUT2D eigenvalue weighted by Gasteiger charge is 2.16. The van der Waals surface area contributed by atoms with Gasteiger partial charge in [0.1, 0.15) is 12.4 Å². The summed E-state index contributed by atoms with van der Waals surface area (Å²) in [6.07, 6.45) is 0.285. The van der Waals surface area contributed by atoms with Crippen molar-refractivity contribution in [1.82, 2.24) is 15.2 Å². The van der Waals surface area contributed by atoms with Gasteiger partial charge in [0.25, 0.3) is 0 Å². The number of hydrogen-bond acceptors (Lipinski definition) is 6. The van der Waals surface area contributed by atoms with Gasteiger partial charge in [-0.25, -0.2) is 4.98 Å². The normalized spacial score (nSPS) is 18.7. The van der Waals surface area contributed by atoms with E-state index in [0.29, 0.717) is 6.61 Å². The molecule has 0 aliphatic carbocycles. The van der Waals surface area contributed by atoms with Gasteiger partial charge in [0.2, 0.25) is 0 Å². The summed E-state index contributed by atoms with van der Waals surface area (Å²) in [6, 6.07) is 8.23. The van der Waals surface area contributed by atoms with Gasteiger partial charge in [-0.2, -0.15) is 0 Å². The Hall–Kier alpha value is -1.47. The van der Waals surface area contributed by atoms with E-state index in [4.69, 9.17) is 9.47 Å². The monoisotopic (exact) mass is 347 g/mol. The summed E-state index contributed by atoms with van der Waals surface area (Å²) >= 11 is 1.65. The van der Waals surface area contributed by atoms with Crippen molar-refractivity contribution < 1.29 is 9.47 Å². The van der Waals surface area contributed by atoms with Crippen molar-refractivity contribution in [2.45, 2.75) is 26.2 Å². The zero-order chi connectivity index (χ0) is 16.8. The smallest absolute Gasteiger partial charge is 0.131 e. The lowest BCUT2D eigenvalue weighted by atomic mass is 10.2. The minimum atomic E-state index is 0.285. The van der Waals surface area contributed by atoms with E-state index in [9.17, 15) is 0 Å². The summed E-state index contributed by atoms with van der Waals surface area (Å²) < 4.78 is 11.5. The molecule has 2 heterocycles. The summed E-state index contributed by atoms with van der Waals surface area (Å²) in [5.41, 5.74) is 2.23. The predicted octanol–water partition coefficient (Wildman–Crippen LogP) is 2.45. The van der Waals surface area contributed by atoms with Gasteiger partial charge in [0, 0.05) is 31.6 Å². The molecule has 3 rings (SSSR count). The Morgan fingerprint density at radius 3 is 2.92 bits per heavy atom. The standard InChI is InChI=1S/C18H25N3O2S/c1-14-20-16(13-24-14)12-23-17-5-3-15(4-6-17)9-19-10-18-11-21(2)7-8-22-18/h3-6,13,18-19H,7-12H2,1-2H3/t18-/m1/s1. The van der Waals surface area contributed by atoms with E-state index < -0.39 is 0 Å². The van der Waals surface area contributed by atoms with E-state index in [0.717, 1.165) is 49.2 Å². The summed E-state index contributed by atoms with van der Waals surface area (Å²) in [5.74, 6) is 0.877. The quantitative estimate of drug-likeness (QED) is 0.834. The number of hydrogen-bond donors (Lipinski definition) is 1. The zero-order valence-corrected chi connectivity index (χ0v) is 15.1. The average molecular weight is 347 g/mol. The number of ether oxygens (including phenoxy) is 2. The Balaban J connectivity index is 1.39. The van der Waals surface area contributed by atoms with Crippen LogP contribution in [0.2, 0.25) is 0 Å². The van der Waals surface area contributed by atoms with Crippen LogP contribution in [0.1, 0.15) is 16.3 Å². The molecule has 5 nitrogen and oxygen atoms in total. The fourth-order valence-electron chi connectivity index (χ4n) is 2.70. The molecule has 1 aliphatic rings. The van der Waals surface area contributed by atoms with Crippen molar-refractivity contribution >= 4 is 11.3 Å². The molecule has 1 aromatic carbocycles. The van der Waals surface area contributed by atoms with Crippen LogP contribution >= 0.6 is 11.3 Å². The first-order valence-electron chi connectivity index (χ1n) is 8.32. The number of aryl methyl sites for hydroxylation is 1. The van der Waals surface area contributed by atoms with Crippen LogP contribution in [-0.4, -0.2) is 49.3 Å². The van der Waals surface area contributed by atoms with Crippen molar-refractivity contribution in [3.63, 3.8) is 0 Å². The number of likely N-dealkylation sites (N-methyl/N-ethyl adjacent to an activating group) is 1. The Morgan fingerprint density at radius 1 is 1.38 bits per heavy atom. The van der Waals surface area contributed by atoms with Crippen LogP contribution in [0.25, 0.3) is 0 Å². The summed E-state index contributed by atoms with van der Waals surface area (Å²) in [5, 5.41) is 6.58. The van der Waals surface area contributed by atoms with Crippen LogP contribution in [-0.2, 0) is 17.9 Å². The molecule has 6 heteroatoms. The third-order valence-electron chi connectivity index (χ3n) is 4.02.